The van der Waals surface area contributed by atoms with Crippen LogP contribution in [0.15, 0.2) is 72.9 Å². The van der Waals surface area contributed by atoms with Gasteiger partial charge in [0.1, 0.15) is 18.1 Å². The van der Waals surface area contributed by atoms with Gasteiger partial charge >= 0.3 is 5.97 Å². The fourth-order valence-electron chi connectivity index (χ4n) is 4.71. The number of esters is 1. The van der Waals surface area contributed by atoms with Crippen molar-refractivity contribution in [1.82, 2.24) is 4.57 Å². The molecule has 0 saturated heterocycles. The zero-order valence-electron chi connectivity index (χ0n) is 21.9. The van der Waals surface area contributed by atoms with Crippen molar-refractivity contribution in [3.05, 3.63) is 95.2 Å². The third-order valence-electron chi connectivity index (χ3n) is 6.38. The van der Waals surface area contributed by atoms with Crippen LogP contribution in [0.5, 0.6) is 11.5 Å². The number of benzene rings is 3. The second kappa shape index (κ2) is 12.0. The van der Waals surface area contributed by atoms with Crippen LogP contribution in [0.4, 0.5) is 0 Å². The van der Waals surface area contributed by atoms with Gasteiger partial charge < -0.3 is 23.9 Å². The van der Waals surface area contributed by atoms with Crippen molar-refractivity contribution in [2.75, 3.05) is 20.8 Å². The van der Waals surface area contributed by atoms with Crippen LogP contribution in [0.2, 0.25) is 0 Å². The molecular formula is C31H35NO5. The van der Waals surface area contributed by atoms with E-state index in [1.54, 1.807) is 38.5 Å². The highest BCUT2D eigenvalue weighted by Gasteiger charge is 2.18. The Labute approximate surface area is 218 Å². The number of fused-ring (bicyclic) bond motifs is 1. The molecule has 1 unspecified atom stereocenters. The lowest BCUT2D eigenvalue weighted by Crippen LogP contribution is -2.21. The Morgan fingerprint density at radius 3 is 2.22 bits per heavy atom. The lowest BCUT2D eigenvalue weighted by molar-refractivity contribution is 0.0259. The van der Waals surface area contributed by atoms with E-state index in [0.29, 0.717) is 24.4 Å². The van der Waals surface area contributed by atoms with Crippen LogP contribution in [-0.4, -0.2) is 42.6 Å². The van der Waals surface area contributed by atoms with E-state index >= 15 is 0 Å². The largest absolute Gasteiger partial charge is 0.496 e. The quantitative estimate of drug-likeness (QED) is 0.268. The number of carbonyl (C=O) groups is 1. The monoisotopic (exact) mass is 501 g/mol. The van der Waals surface area contributed by atoms with Gasteiger partial charge in [-0.2, -0.15) is 0 Å². The van der Waals surface area contributed by atoms with Gasteiger partial charge in [0.25, 0.3) is 0 Å². The summed E-state index contributed by atoms with van der Waals surface area (Å²) < 4.78 is 19.0. The molecular weight excluding hydrogens is 466 g/mol. The van der Waals surface area contributed by atoms with Gasteiger partial charge in [-0.15, -0.1) is 0 Å². The van der Waals surface area contributed by atoms with Gasteiger partial charge in [0.05, 0.1) is 38.0 Å². The van der Waals surface area contributed by atoms with Crippen molar-refractivity contribution in [2.24, 2.45) is 5.92 Å². The molecule has 0 saturated carbocycles. The molecule has 0 aliphatic heterocycles. The van der Waals surface area contributed by atoms with Crippen molar-refractivity contribution in [2.45, 2.75) is 39.3 Å². The van der Waals surface area contributed by atoms with E-state index in [2.05, 4.69) is 36.6 Å². The maximum absolute atomic E-state index is 12.3. The van der Waals surface area contributed by atoms with Crippen molar-refractivity contribution in [3.8, 4) is 11.5 Å². The molecule has 0 amide bonds. The Bertz CT molecular complexity index is 1320. The number of nitrogens with zero attached hydrogens (tertiary/aromatic N) is 1. The summed E-state index contributed by atoms with van der Waals surface area (Å²) in [5.74, 6) is 1.67. The SMILES string of the molecule is COc1cc(CC(C)C)cc(OC)c1Cn1cc(CC(O)COC(=O)c2ccccc2)c2ccccc21. The third-order valence-corrected chi connectivity index (χ3v) is 6.38. The van der Waals surface area contributed by atoms with Gasteiger partial charge in [0.15, 0.2) is 0 Å². The highest BCUT2D eigenvalue weighted by molar-refractivity contribution is 5.89. The van der Waals surface area contributed by atoms with Crippen molar-refractivity contribution in [3.63, 3.8) is 0 Å². The van der Waals surface area contributed by atoms with Crippen LogP contribution >= 0.6 is 0 Å². The number of hydrogen-bond donors (Lipinski definition) is 1. The van der Waals surface area contributed by atoms with Crippen LogP contribution in [0.3, 0.4) is 0 Å². The standard InChI is InChI=1S/C31H35NO5/c1-21(2)14-22-15-29(35-3)27(30(16-22)36-4)19-32-18-24(26-12-8-9-13-28(26)32)17-25(33)20-37-31(34)23-10-6-5-7-11-23/h5-13,15-16,18,21,25,33H,14,17,19-20H2,1-4H3. The molecule has 0 bridgehead atoms. The zero-order valence-corrected chi connectivity index (χ0v) is 21.9. The Kier molecular flexibility index (Phi) is 8.51. The van der Waals surface area contributed by atoms with Gasteiger partial charge in [-0.1, -0.05) is 50.2 Å². The number of carbonyl (C=O) groups excluding carboxylic acids is 1. The summed E-state index contributed by atoms with van der Waals surface area (Å²) in [7, 11) is 3.37. The van der Waals surface area contributed by atoms with Crippen LogP contribution in [0.1, 0.15) is 40.9 Å². The number of rotatable bonds is 11. The number of methoxy groups -OCH3 is 2. The lowest BCUT2D eigenvalue weighted by atomic mass is 10.00. The zero-order chi connectivity index (χ0) is 26.4. The van der Waals surface area contributed by atoms with E-state index in [9.17, 15) is 9.90 Å². The summed E-state index contributed by atoms with van der Waals surface area (Å²) in [5.41, 5.74) is 4.63. The summed E-state index contributed by atoms with van der Waals surface area (Å²) >= 11 is 0. The first-order valence-corrected chi connectivity index (χ1v) is 12.6. The number of aromatic nitrogens is 1. The van der Waals surface area contributed by atoms with Crippen LogP contribution in [0.25, 0.3) is 10.9 Å². The maximum atomic E-state index is 12.3. The summed E-state index contributed by atoms with van der Waals surface area (Å²) in [5, 5.41) is 11.7. The fourth-order valence-corrected chi connectivity index (χ4v) is 4.71. The van der Waals surface area contributed by atoms with Crippen LogP contribution < -0.4 is 9.47 Å². The minimum absolute atomic E-state index is 0.0772. The van der Waals surface area contributed by atoms with Gasteiger partial charge in [-0.05, 0) is 53.8 Å². The third kappa shape index (κ3) is 6.33. The van der Waals surface area contributed by atoms with Gasteiger partial charge in [-0.25, -0.2) is 4.79 Å². The predicted octanol–water partition coefficient (Wildman–Crippen LogP) is 5.67. The molecule has 3 aromatic carbocycles. The minimum Gasteiger partial charge on any atom is -0.496 e. The van der Waals surface area contributed by atoms with Crippen molar-refractivity contribution >= 4 is 16.9 Å². The Morgan fingerprint density at radius 1 is 0.919 bits per heavy atom. The van der Waals surface area contributed by atoms with E-state index in [1.807, 2.05) is 30.5 Å². The topological polar surface area (TPSA) is 69.9 Å². The van der Waals surface area contributed by atoms with E-state index in [1.165, 1.54) is 5.56 Å². The number of para-hydroxylation sites is 1. The van der Waals surface area contributed by atoms with E-state index in [-0.39, 0.29) is 6.61 Å². The van der Waals surface area contributed by atoms with Gasteiger partial charge in [0, 0.05) is 23.5 Å². The van der Waals surface area contributed by atoms with Gasteiger partial charge in [-0.3, -0.25) is 0 Å². The summed E-state index contributed by atoms with van der Waals surface area (Å²) in [4.78, 5) is 12.3. The molecule has 6 heteroatoms. The van der Waals surface area contributed by atoms with Crippen molar-refractivity contribution < 1.29 is 24.1 Å². The highest BCUT2D eigenvalue weighted by atomic mass is 16.5. The number of ether oxygens (including phenoxy) is 3. The fraction of sp³-hybridized carbons (Fsp3) is 0.323. The second-order valence-electron chi connectivity index (χ2n) is 9.70. The molecule has 4 rings (SSSR count). The molecule has 1 aromatic heterocycles. The highest BCUT2D eigenvalue weighted by Crippen LogP contribution is 2.34. The average Bonchev–Trinajstić information content (AvgIpc) is 3.24. The molecule has 4 aromatic rings. The summed E-state index contributed by atoms with van der Waals surface area (Å²) in [6.45, 7) is 4.86. The molecule has 6 nitrogen and oxygen atoms in total. The molecule has 0 radical (unpaired) electrons. The molecule has 1 atom stereocenters. The molecule has 0 fully saturated rings. The molecule has 0 spiro atoms. The first-order chi connectivity index (χ1) is 17.9. The predicted molar refractivity (Wildman–Crippen MR) is 146 cm³/mol. The first-order valence-electron chi connectivity index (χ1n) is 12.6. The first kappa shape index (κ1) is 26.3. The minimum atomic E-state index is -0.827. The Morgan fingerprint density at radius 2 is 1.57 bits per heavy atom. The summed E-state index contributed by atoms with van der Waals surface area (Å²) in [6.07, 6.45) is 2.52. The normalized spacial score (nSPS) is 12.1. The number of aliphatic hydroxyl groups excluding tert-OH is 1. The van der Waals surface area contributed by atoms with E-state index < -0.39 is 12.1 Å². The molecule has 1 N–H and O–H groups in total. The van der Waals surface area contributed by atoms with E-state index in [4.69, 9.17) is 14.2 Å². The Balaban J connectivity index is 1.56. The maximum Gasteiger partial charge on any atom is 0.338 e. The van der Waals surface area contributed by atoms with Crippen LogP contribution in [-0.2, 0) is 24.1 Å². The van der Waals surface area contributed by atoms with Gasteiger partial charge in [0.2, 0.25) is 0 Å². The number of aliphatic hydroxyl groups is 1. The molecule has 0 aliphatic carbocycles. The lowest BCUT2D eigenvalue weighted by Gasteiger charge is -2.17. The molecule has 194 valence electrons. The smallest absolute Gasteiger partial charge is 0.338 e. The average molecular weight is 502 g/mol. The second-order valence-corrected chi connectivity index (χ2v) is 9.70. The van der Waals surface area contributed by atoms with E-state index in [0.717, 1.165) is 39.9 Å². The number of hydrogen-bond acceptors (Lipinski definition) is 5. The summed E-state index contributed by atoms with van der Waals surface area (Å²) in [6, 6.07) is 21.1. The molecule has 1 heterocycles. The Hall–Kier alpha value is -3.77. The molecule has 37 heavy (non-hydrogen) atoms. The van der Waals surface area contributed by atoms with Crippen LogP contribution in [0, 0.1) is 5.92 Å². The molecule has 0 aliphatic rings. The van der Waals surface area contributed by atoms with Crippen molar-refractivity contribution in [1.29, 1.82) is 0 Å².